The van der Waals surface area contributed by atoms with Gasteiger partial charge in [-0.3, -0.25) is 4.79 Å². The summed E-state index contributed by atoms with van der Waals surface area (Å²) in [7, 11) is -1.76. The van der Waals surface area contributed by atoms with Crippen LogP contribution in [0.2, 0.25) is 0 Å². The van der Waals surface area contributed by atoms with Crippen molar-refractivity contribution in [3.8, 4) is 17.2 Å². The molecule has 0 radical (unpaired) electrons. The molecule has 46 heavy (non-hydrogen) atoms. The molecule has 5 aromatic carbocycles. The lowest BCUT2D eigenvalue weighted by Crippen LogP contribution is -2.33. The number of unbranched alkanes of at least 4 members (excludes halogenated alkanes) is 3. The summed E-state index contributed by atoms with van der Waals surface area (Å²) in [5.74, 6) is 2.07. The van der Waals surface area contributed by atoms with Crippen molar-refractivity contribution < 1.29 is 19.0 Å². The third-order valence-electron chi connectivity index (χ3n) is 8.38. The lowest BCUT2D eigenvalue weighted by molar-refractivity contribution is 0.104. The quantitative estimate of drug-likeness (QED) is 0.0538. The molecule has 1 aliphatic rings. The molecule has 0 saturated heterocycles. The van der Waals surface area contributed by atoms with Crippen molar-refractivity contribution in [3.63, 3.8) is 0 Å². The molecule has 5 aromatic rings. The van der Waals surface area contributed by atoms with Crippen LogP contribution in [0.25, 0.3) is 6.08 Å². The molecule has 5 heteroatoms. The van der Waals surface area contributed by atoms with Gasteiger partial charge in [0.25, 0.3) is 0 Å². The maximum atomic E-state index is 12.7. The zero-order valence-electron chi connectivity index (χ0n) is 26.1. The van der Waals surface area contributed by atoms with Crippen molar-refractivity contribution in [3.05, 3.63) is 151 Å². The summed E-state index contributed by atoms with van der Waals surface area (Å²) in [5.41, 5.74) is 1.52. The number of ketones is 1. The second-order valence-electron chi connectivity index (χ2n) is 11.4. The second-order valence-corrected chi connectivity index (χ2v) is 15.0. The Morgan fingerprint density at radius 3 is 1.80 bits per heavy atom. The Morgan fingerprint density at radius 2 is 1.20 bits per heavy atom. The molecule has 0 aliphatic carbocycles. The summed E-state index contributed by atoms with van der Waals surface area (Å²) in [4.78, 5) is 12.7. The van der Waals surface area contributed by atoms with Gasteiger partial charge in [0.15, 0.2) is 17.3 Å². The van der Waals surface area contributed by atoms with Gasteiger partial charge in [-0.15, -0.1) is 0 Å². The molecule has 0 aromatic heterocycles. The van der Waals surface area contributed by atoms with E-state index < -0.39 is 7.26 Å². The van der Waals surface area contributed by atoms with Gasteiger partial charge in [0.2, 0.25) is 0 Å². The minimum absolute atomic E-state index is 0.0759. The zero-order chi connectivity index (χ0) is 31.4. The van der Waals surface area contributed by atoms with E-state index in [0.29, 0.717) is 36.9 Å². The average Bonchev–Trinajstić information content (AvgIpc) is 3.13. The van der Waals surface area contributed by atoms with Gasteiger partial charge in [-0.05, 0) is 104 Å². The number of carbonyl (C=O) groups is 1. The average molecular weight is 628 g/mol. The molecule has 0 atom stereocenters. The minimum atomic E-state index is -1.76. The monoisotopic (exact) mass is 627 g/mol. The van der Waals surface area contributed by atoms with Crippen molar-refractivity contribution in [2.24, 2.45) is 0 Å². The summed E-state index contributed by atoms with van der Waals surface area (Å²) < 4.78 is 17.2. The molecule has 4 nitrogen and oxygen atoms in total. The molecular formula is C41H40O4P+. The number of carbonyl (C=O) groups excluding carboxylic acids is 1. The van der Waals surface area contributed by atoms with Crippen LogP contribution < -0.4 is 30.1 Å². The maximum absolute atomic E-state index is 12.7. The van der Waals surface area contributed by atoms with Gasteiger partial charge in [0.05, 0.1) is 12.8 Å². The largest absolute Gasteiger partial charge is 0.494 e. The number of hydrogen-bond donors (Lipinski definition) is 0. The van der Waals surface area contributed by atoms with Crippen LogP contribution >= 0.6 is 7.26 Å². The molecule has 0 fully saturated rings. The lowest BCUT2D eigenvalue weighted by Gasteiger charge is -2.27. The van der Waals surface area contributed by atoms with E-state index in [4.69, 9.17) is 14.2 Å². The van der Waals surface area contributed by atoms with Crippen LogP contribution in [0, 0.1) is 0 Å². The number of benzene rings is 5. The predicted molar refractivity (Wildman–Crippen MR) is 191 cm³/mol. The number of allylic oxidation sites excluding steroid dienone is 1. The van der Waals surface area contributed by atoms with E-state index >= 15 is 0 Å². The van der Waals surface area contributed by atoms with E-state index in [1.54, 1.807) is 24.3 Å². The Hall–Kier alpha value is -4.66. The Bertz CT molecular complexity index is 1620. The summed E-state index contributed by atoms with van der Waals surface area (Å²) >= 11 is 0. The predicted octanol–water partition coefficient (Wildman–Crippen LogP) is 8.29. The molecular weight excluding hydrogens is 587 g/mol. The van der Waals surface area contributed by atoms with Crippen molar-refractivity contribution >= 4 is 35.0 Å². The Labute approximate surface area is 273 Å². The highest BCUT2D eigenvalue weighted by molar-refractivity contribution is 7.95. The number of rotatable bonds is 14. The highest BCUT2D eigenvalue weighted by Crippen LogP contribution is 2.56. The van der Waals surface area contributed by atoms with Crippen LogP contribution in [-0.2, 0) is 0 Å². The molecule has 0 spiro atoms. The standard InChI is InChI=1S/C41H40O4P/c42-39(34-23-27-40-41(32-34)45-30-29-44-40)26-22-33-20-24-35(25-21-33)43-28-12-1-2-13-31-46(36-14-6-3-7-15-36,37-16-8-4-9-17-37)38-18-10-5-11-19-38/h3-11,14-27,32H,1-2,12-13,28-31H2/q+1. The lowest BCUT2D eigenvalue weighted by atomic mass is 10.1. The molecule has 0 saturated carbocycles. The molecule has 1 heterocycles. The molecule has 1 aliphatic heterocycles. The molecule has 232 valence electrons. The van der Waals surface area contributed by atoms with E-state index in [0.717, 1.165) is 30.3 Å². The summed E-state index contributed by atoms with van der Waals surface area (Å²) in [5, 5.41) is 4.34. The van der Waals surface area contributed by atoms with Crippen molar-refractivity contribution in [1.29, 1.82) is 0 Å². The van der Waals surface area contributed by atoms with Crippen molar-refractivity contribution in [2.75, 3.05) is 26.0 Å². The van der Waals surface area contributed by atoms with Gasteiger partial charge in [0.1, 0.15) is 42.1 Å². The maximum Gasteiger partial charge on any atom is 0.185 e. The fourth-order valence-corrected chi connectivity index (χ4v) is 10.4. The molecule has 6 rings (SSSR count). The zero-order valence-corrected chi connectivity index (χ0v) is 27.0. The second kappa shape index (κ2) is 15.6. The smallest absolute Gasteiger partial charge is 0.185 e. The van der Waals surface area contributed by atoms with Gasteiger partial charge in [-0.1, -0.05) is 72.8 Å². The summed E-state index contributed by atoms with van der Waals surface area (Å²) in [6.07, 6.45) is 9.03. The Morgan fingerprint density at radius 1 is 0.630 bits per heavy atom. The first-order valence-corrected chi connectivity index (χ1v) is 18.1. The Kier molecular flexibility index (Phi) is 10.6. The first kappa shape index (κ1) is 31.3. The van der Waals surface area contributed by atoms with Gasteiger partial charge in [-0.2, -0.15) is 0 Å². The highest BCUT2D eigenvalue weighted by atomic mass is 31.2. The van der Waals surface area contributed by atoms with E-state index in [-0.39, 0.29) is 5.78 Å². The molecule has 0 bridgehead atoms. The van der Waals surface area contributed by atoms with Crippen LogP contribution in [0.5, 0.6) is 17.2 Å². The van der Waals surface area contributed by atoms with E-state index in [1.807, 2.05) is 30.3 Å². The third kappa shape index (κ3) is 7.58. The van der Waals surface area contributed by atoms with E-state index in [2.05, 4.69) is 91.0 Å². The van der Waals surface area contributed by atoms with E-state index in [9.17, 15) is 4.79 Å². The third-order valence-corrected chi connectivity index (χ3v) is 12.9. The first-order chi connectivity index (χ1) is 22.7. The number of hydrogen-bond acceptors (Lipinski definition) is 4. The normalized spacial score (nSPS) is 12.6. The van der Waals surface area contributed by atoms with Crippen LogP contribution in [0.15, 0.2) is 140 Å². The SMILES string of the molecule is O=C(C=Cc1ccc(OCCCCCC[P+](c2ccccc2)(c2ccccc2)c2ccccc2)cc1)c1ccc2c(c1)OCCO2. The van der Waals surface area contributed by atoms with Crippen molar-refractivity contribution in [2.45, 2.75) is 25.7 Å². The van der Waals surface area contributed by atoms with E-state index in [1.165, 1.54) is 28.8 Å². The van der Waals surface area contributed by atoms with Crippen LogP contribution in [0.4, 0.5) is 0 Å². The van der Waals surface area contributed by atoms with Crippen LogP contribution in [0.1, 0.15) is 41.6 Å². The van der Waals surface area contributed by atoms with Gasteiger partial charge >= 0.3 is 0 Å². The summed E-state index contributed by atoms with van der Waals surface area (Å²) in [6, 6.07) is 46.5. The van der Waals surface area contributed by atoms with Gasteiger partial charge in [0, 0.05) is 5.56 Å². The van der Waals surface area contributed by atoms with Gasteiger partial charge < -0.3 is 14.2 Å². The molecule has 0 unspecified atom stereocenters. The number of ether oxygens (including phenoxy) is 3. The summed E-state index contributed by atoms with van der Waals surface area (Å²) in [6.45, 7) is 1.71. The first-order valence-electron chi connectivity index (χ1n) is 16.1. The highest BCUT2D eigenvalue weighted by Gasteiger charge is 2.44. The Balaban J connectivity index is 0.993. The minimum Gasteiger partial charge on any atom is -0.494 e. The number of fused-ring (bicyclic) bond motifs is 1. The van der Waals surface area contributed by atoms with Crippen LogP contribution in [-0.4, -0.2) is 31.8 Å². The fourth-order valence-electron chi connectivity index (χ4n) is 6.02. The molecule has 0 amide bonds. The topological polar surface area (TPSA) is 44.8 Å². The molecule has 0 N–H and O–H groups in total. The van der Waals surface area contributed by atoms with Crippen molar-refractivity contribution in [1.82, 2.24) is 0 Å². The fraction of sp³-hybridized carbons (Fsp3) is 0.195. The van der Waals surface area contributed by atoms with Gasteiger partial charge in [-0.25, -0.2) is 0 Å². The van der Waals surface area contributed by atoms with Crippen LogP contribution in [0.3, 0.4) is 0 Å².